The Balaban J connectivity index is 2.67. The number of hydrogen-bond acceptors (Lipinski definition) is 2. The maximum absolute atomic E-state index is 11.8. The van der Waals surface area contributed by atoms with E-state index >= 15 is 0 Å². The molecule has 0 fully saturated rings. The SMILES string of the molecule is CNC(=O)Nc1cccc(NC(=O)CC(C)(C)C)c1. The van der Waals surface area contributed by atoms with Crippen LogP contribution in [0.4, 0.5) is 16.2 Å². The molecular formula is C14H21N3O2. The summed E-state index contributed by atoms with van der Waals surface area (Å²) in [5.41, 5.74) is 1.25. The fourth-order valence-electron chi connectivity index (χ4n) is 1.56. The lowest BCUT2D eigenvalue weighted by Gasteiger charge is -2.17. The number of urea groups is 1. The van der Waals surface area contributed by atoms with Crippen molar-refractivity contribution >= 4 is 23.3 Å². The highest BCUT2D eigenvalue weighted by Crippen LogP contribution is 2.20. The van der Waals surface area contributed by atoms with Gasteiger partial charge in [-0.15, -0.1) is 0 Å². The van der Waals surface area contributed by atoms with Crippen molar-refractivity contribution in [2.24, 2.45) is 5.41 Å². The Morgan fingerprint density at radius 3 is 2.21 bits per heavy atom. The molecule has 0 aliphatic carbocycles. The summed E-state index contributed by atoms with van der Waals surface area (Å²) in [5.74, 6) is -0.0374. The van der Waals surface area contributed by atoms with E-state index in [4.69, 9.17) is 0 Å². The van der Waals surface area contributed by atoms with Gasteiger partial charge in [0.05, 0.1) is 0 Å². The Hall–Kier alpha value is -2.04. The van der Waals surface area contributed by atoms with Gasteiger partial charge in [0.2, 0.25) is 5.91 Å². The Bertz CT molecular complexity index is 464. The zero-order valence-corrected chi connectivity index (χ0v) is 11.8. The average Bonchev–Trinajstić information content (AvgIpc) is 2.26. The van der Waals surface area contributed by atoms with Crippen molar-refractivity contribution in [3.05, 3.63) is 24.3 Å². The van der Waals surface area contributed by atoms with Crippen LogP contribution in [0.15, 0.2) is 24.3 Å². The summed E-state index contributed by atoms with van der Waals surface area (Å²) in [6.45, 7) is 6.03. The third-order valence-corrected chi connectivity index (χ3v) is 2.32. The second-order valence-electron chi connectivity index (χ2n) is 5.57. The van der Waals surface area contributed by atoms with Gasteiger partial charge in [-0.25, -0.2) is 4.79 Å². The van der Waals surface area contributed by atoms with Gasteiger partial charge < -0.3 is 16.0 Å². The molecule has 0 heterocycles. The molecule has 5 nitrogen and oxygen atoms in total. The lowest BCUT2D eigenvalue weighted by Crippen LogP contribution is -2.24. The molecule has 0 atom stereocenters. The number of rotatable bonds is 3. The van der Waals surface area contributed by atoms with Gasteiger partial charge in [0.25, 0.3) is 0 Å². The number of amides is 3. The van der Waals surface area contributed by atoms with Gasteiger partial charge >= 0.3 is 6.03 Å². The van der Waals surface area contributed by atoms with Crippen molar-refractivity contribution in [3.63, 3.8) is 0 Å². The summed E-state index contributed by atoms with van der Waals surface area (Å²) in [6, 6.07) is 6.75. The van der Waals surface area contributed by atoms with Crippen LogP contribution in [-0.2, 0) is 4.79 Å². The van der Waals surface area contributed by atoms with Crippen molar-refractivity contribution in [3.8, 4) is 0 Å². The van der Waals surface area contributed by atoms with Crippen molar-refractivity contribution in [2.75, 3.05) is 17.7 Å². The van der Waals surface area contributed by atoms with Crippen LogP contribution >= 0.6 is 0 Å². The topological polar surface area (TPSA) is 70.2 Å². The highest BCUT2D eigenvalue weighted by Gasteiger charge is 2.15. The number of carbonyl (C=O) groups is 2. The molecule has 1 aromatic rings. The van der Waals surface area contributed by atoms with E-state index < -0.39 is 0 Å². The quantitative estimate of drug-likeness (QED) is 0.784. The van der Waals surface area contributed by atoms with Crippen LogP contribution in [0, 0.1) is 5.41 Å². The van der Waals surface area contributed by atoms with Crippen LogP contribution in [-0.4, -0.2) is 19.0 Å². The van der Waals surface area contributed by atoms with Crippen LogP contribution in [0.25, 0.3) is 0 Å². The summed E-state index contributed by atoms with van der Waals surface area (Å²) in [4.78, 5) is 23.0. The van der Waals surface area contributed by atoms with E-state index in [1.165, 1.54) is 0 Å². The molecule has 0 aromatic heterocycles. The maximum atomic E-state index is 11.8. The standard InChI is InChI=1S/C14H21N3O2/c1-14(2,3)9-12(18)16-10-6-5-7-11(8-10)17-13(19)15-4/h5-8H,9H2,1-4H3,(H,16,18)(H2,15,17,19). The summed E-state index contributed by atoms with van der Waals surface area (Å²) in [6.07, 6.45) is 0.445. The van der Waals surface area contributed by atoms with Crippen LogP contribution in [0.1, 0.15) is 27.2 Å². The van der Waals surface area contributed by atoms with Gasteiger partial charge in [-0.05, 0) is 23.6 Å². The van der Waals surface area contributed by atoms with E-state index in [1.54, 1.807) is 31.3 Å². The molecule has 0 saturated heterocycles. The third-order valence-electron chi connectivity index (χ3n) is 2.32. The van der Waals surface area contributed by atoms with Gasteiger partial charge in [0.1, 0.15) is 0 Å². The minimum Gasteiger partial charge on any atom is -0.341 e. The summed E-state index contributed by atoms with van der Waals surface area (Å²) in [5, 5.41) is 7.94. The fourth-order valence-corrected chi connectivity index (χ4v) is 1.56. The Labute approximate surface area is 113 Å². The van der Waals surface area contributed by atoms with Gasteiger partial charge in [-0.2, -0.15) is 0 Å². The zero-order valence-electron chi connectivity index (χ0n) is 11.8. The number of benzene rings is 1. The van der Waals surface area contributed by atoms with E-state index in [9.17, 15) is 9.59 Å². The van der Waals surface area contributed by atoms with E-state index in [1.807, 2.05) is 20.8 Å². The highest BCUT2D eigenvalue weighted by molar-refractivity contribution is 5.93. The molecule has 0 bridgehead atoms. The van der Waals surface area contributed by atoms with Gasteiger partial charge in [-0.1, -0.05) is 26.8 Å². The molecular weight excluding hydrogens is 242 g/mol. The Kier molecular flexibility index (Phi) is 4.92. The predicted molar refractivity (Wildman–Crippen MR) is 77.2 cm³/mol. The molecule has 0 aliphatic rings. The first kappa shape index (κ1) is 15.0. The average molecular weight is 263 g/mol. The second kappa shape index (κ2) is 6.22. The molecule has 104 valence electrons. The fraction of sp³-hybridized carbons (Fsp3) is 0.429. The second-order valence-corrected chi connectivity index (χ2v) is 5.57. The molecule has 0 radical (unpaired) electrons. The van der Waals surface area contributed by atoms with Crippen LogP contribution in [0.2, 0.25) is 0 Å². The molecule has 5 heteroatoms. The Morgan fingerprint density at radius 1 is 1.11 bits per heavy atom. The Morgan fingerprint density at radius 2 is 1.68 bits per heavy atom. The minimum atomic E-state index is -0.293. The molecule has 1 rings (SSSR count). The van der Waals surface area contributed by atoms with Crippen LogP contribution in [0.5, 0.6) is 0 Å². The molecule has 3 N–H and O–H groups in total. The molecule has 19 heavy (non-hydrogen) atoms. The van der Waals surface area contributed by atoms with Crippen LogP contribution < -0.4 is 16.0 Å². The smallest absolute Gasteiger partial charge is 0.318 e. The molecule has 0 unspecified atom stereocenters. The highest BCUT2D eigenvalue weighted by atomic mass is 16.2. The van der Waals surface area contributed by atoms with Crippen LogP contribution in [0.3, 0.4) is 0 Å². The van der Waals surface area contributed by atoms with E-state index in [0.717, 1.165) is 0 Å². The monoisotopic (exact) mass is 263 g/mol. The van der Waals surface area contributed by atoms with Gasteiger partial charge in [-0.3, -0.25) is 4.79 Å². The first-order valence-corrected chi connectivity index (χ1v) is 6.19. The largest absolute Gasteiger partial charge is 0.341 e. The van der Waals surface area contributed by atoms with E-state index in [2.05, 4.69) is 16.0 Å². The van der Waals surface area contributed by atoms with Crippen molar-refractivity contribution < 1.29 is 9.59 Å². The summed E-state index contributed by atoms with van der Waals surface area (Å²) in [7, 11) is 1.55. The van der Waals surface area contributed by atoms with Crippen molar-refractivity contribution in [1.29, 1.82) is 0 Å². The number of hydrogen-bond donors (Lipinski definition) is 3. The summed E-state index contributed by atoms with van der Waals surface area (Å²) >= 11 is 0. The third kappa shape index (κ3) is 5.90. The van der Waals surface area contributed by atoms with E-state index in [-0.39, 0.29) is 17.4 Å². The molecule has 0 saturated carbocycles. The minimum absolute atomic E-state index is 0.0374. The lowest BCUT2D eigenvalue weighted by molar-refractivity contribution is -0.117. The van der Waals surface area contributed by atoms with Crippen molar-refractivity contribution in [1.82, 2.24) is 5.32 Å². The van der Waals surface area contributed by atoms with Gasteiger partial charge in [0.15, 0.2) is 0 Å². The molecule has 0 aliphatic heterocycles. The molecule has 3 amide bonds. The number of carbonyl (C=O) groups excluding carboxylic acids is 2. The number of nitrogens with one attached hydrogen (secondary N) is 3. The molecule has 0 spiro atoms. The normalized spacial score (nSPS) is 10.7. The van der Waals surface area contributed by atoms with Crippen molar-refractivity contribution in [2.45, 2.75) is 27.2 Å². The van der Waals surface area contributed by atoms with E-state index in [0.29, 0.717) is 17.8 Å². The first-order chi connectivity index (χ1) is 8.80. The predicted octanol–water partition coefficient (Wildman–Crippen LogP) is 2.81. The first-order valence-electron chi connectivity index (χ1n) is 6.19. The lowest BCUT2D eigenvalue weighted by atomic mass is 9.92. The van der Waals surface area contributed by atoms with Gasteiger partial charge in [0, 0.05) is 24.8 Å². The number of anilines is 2. The summed E-state index contributed by atoms with van der Waals surface area (Å²) < 4.78 is 0. The maximum Gasteiger partial charge on any atom is 0.318 e. The molecule has 1 aromatic carbocycles. The zero-order chi connectivity index (χ0) is 14.5.